The van der Waals surface area contributed by atoms with Gasteiger partial charge in [0.1, 0.15) is 0 Å². The summed E-state index contributed by atoms with van der Waals surface area (Å²) in [5.74, 6) is -1.85. The van der Waals surface area contributed by atoms with Crippen molar-refractivity contribution in [1.82, 2.24) is 0 Å². The molecule has 2 N–H and O–H groups in total. The predicted molar refractivity (Wildman–Crippen MR) is 88.8 cm³/mol. The van der Waals surface area contributed by atoms with Gasteiger partial charge in [-0.05, 0) is 18.5 Å². The number of hydrogen-bond acceptors (Lipinski definition) is 3. The number of nitrogens with one attached hydrogen (secondary N) is 1. The van der Waals surface area contributed by atoms with Crippen molar-refractivity contribution in [3.05, 3.63) is 29.7 Å². The van der Waals surface area contributed by atoms with Gasteiger partial charge < -0.3 is 5.11 Å². The first kappa shape index (κ1) is 12.9. The molecule has 22 heavy (non-hydrogen) atoms. The Balaban J connectivity index is 2.85. The minimum atomic E-state index is -3.92. The minimum Gasteiger partial charge on any atom is -0.478 e. The third kappa shape index (κ3) is 6.93. The molecule has 0 atom stereocenters. The number of aromatic carboxylic acids is 1. The highest BCUT2D eigenvalue weighted by Crippen LogP contribution is 2.17. The Kier molecular flexibility index (Phi) is 5.56. The number of carboxylic acids is 1. The molecular formula is C16H25NO4S. The van der Waals surface area contributed by atoms with E-state index in [9.17, 15) is 18.3 Å². The Labute approximate surface area is 138 Å². The van der Waals surface area contributed by atoms with Crippen molar-refractivity contribution in [1.29, 1.82) is 0 Å². The van der Waals surface area contributed by atoms with Crippen molar-refractivity contribution in [3.63, 3.8) is 0 Å². The van der Waals surface area contributed by atoms with Gasteiger partial charge in [0.25, 0.3) is 0 Å². The fraction of sp³-hybridized carbons (Fsp3) is 0.562. The van der Waals surface area contributed by atoms with E-state index in [0.717, 1.165) is 38.5 Å². The third-order valence-corrected chi connectivity index (χ3v) is 4.52. The molecule has 0 radical (unpaired) electrons. The number of unbranched alkanes of at least 4 members (excludes halogenated alkanes) is 6. The maximum Gasteiger partial charge on any atom is 0.337 e. The van der Waals surface area contributed by atoms with Crippen LogP contribution in [0, 0.1) is 0 Å². The first-order valence-corrected chi connectivity index (χ1v) is 9.11. The van der Waals surface area contributed by atoms with Gasteiger partial charge in [0, 0.05) is 0 Å². The monoisotopic (exact) mass is 331 g/mol. The van der Waals surface area contributed by atoms with Gasteiger partial charge in [-0.3, -0.25) is 4.72 Å². The third-order valence-electron chi connectivity index (χ3n) is 3.18. The van der Waals surface area contributed by atoms with E-state index in [4.69, 9.17) is 5.48 Å². The number of hydrogen-bond donors (Lipinski definition) is 2. The highest BCUT2D eigenvalue weighted by molar-refractivity contribution is 7.92. The molecule has 1 aromatic rings. The smallest absolute Gasteiger partial charge is 0.337 e. The normalized spacial score (nSPS) is 13.9. The van der Waals surface area contributed by atoms with E-state index in [2.05, 4.69) is 6.92 Å². The quantitative estimate of drug-likeness (QED) is 0.603. The summed E-state index contributed by atoms with van der Waals surface area (Å²) in [6.07, 6.45) is 6.48. The first-order valence-electron chi connectivity index (χ1n) is 9.46. The second kappa shape index (κ2) is 9.46. The Hall–Kier alpha value is -1.56. The number of rotatable bonds is 11. The number of benzene rings is 1. The van der Waals surface area contributed by atoms with Crippen LogP contribution in [0.4, 0.5) is 5.69 Å². The maximum absolute atomic E-state index is 12.2. The van der Waals surface area contributed by atoms with Crippen LogP contribution in [-0.4, -0.2) is 25.2 Å². The summed E-state index contributed by atoms with van der Waals surface area (Å²) in [6, 6.07) is -2.91. The number of sulfonamides is 1. The molecule has 0 aromatic heterocycles. The van der Waals surface area contributed by atoms with Gasteiger partial charge in [0.15, 0.2) is 0 Å². The number of para-hydroxylation sites is 1. The zero-order valence-electron chi connectivity index (χ0n) is 16.7. The van der Waals surface area contributed by atoms with Gasteiger partial charge in [-0.25, -0.2) is 13.2 Å². The van der Waals surface area contributed by atoms with Crippen LogP contribution in [0.2, 0.25) is 0 Å². The zero-order valence-corrected chi connectivity index (χ0v) is 13.6. The average molecular weight is 331 g/mol. The molecule has 0 heterocycles. The van der Waals surface area contributed by atoms with Crippen molar-refractivity contribution in [2.45, 2.75) is 51.9 Å². The molecule has 0 saturated heterocycles. The second-order valence-electron chi connectivity index (χ2n) is 5.10. The number of carboxylic acid groups (broad SMARTS) is 1. The summed E-state index contributed by atoms with van der Waals surface area (Å²) >= 11 is 0. The summed E-state index contributed by atoms with van der Waals surface area (Å²) in [5, 5.41) is 9.22. The molecule has 0 amide bonds. The molecule has 124 valence electrons. The molecule has 1 aromatic carbocycles. The molecule has 6 heteroatoms. The van der Waals surface area contributed by atoms with Crippen LogP contribution in [0.5, 0.6) is 0 Å². The van der Waals surface area contributed by atoms with Crippen LogP contribution in [0.15, 0.2) is 24.2 Å². The maximum atomic E-state index is 12.2. The molecule has 0 aliphatic carbocycles. The number of carbonyl (C=O) groups is 1. The topological polar surface area (TPSA) is 83.5 Å². The van der Waals surface area contributed by atoms with Crippen LogP contribution in [0.1, 0.15) is 67.7 Å². The summed E-state index contributed by atoms with van der Waals surface area (Å²) in [6.45, 7) is 2.11. The summed E-state index contributed by atoms with van der Waals surface area (Å²) in [4.78, 5) is 11.3. The van der Waals surface area contributed by atoms with Crippen molar-refractivity contribution in [2.24, 2.45) is 0 Å². The molecule has 1 rings (SSSR count). The summed E-state index contributed by atoms with van der Waals surface area (Å²) in [7, 11) is -3.92. The Morgan fingerprint density at radius 2 is 1.73 bits per heavy atom. The molecule has 0 aliphatic heterocycles. The molecular weight excluding hydrogens is 302 g/mol. The summed E-state index contributed by atoms with van der Waals surface area (Å²) in [5.41, 5.74) is -1.40. The van der Waals surface area contributed by atoms with Crippen molar-refractivity contribution in [3.8, 4) is 0 Å². The molecule has 0 fully saturated rings. The van der Waals surface area contributed by atoms with Crippen LogP contribution >= 0.6 is 0 Å². The lowest BCUT2D eigenvalue weighted by Crippen LogP contribution is -2.18. The Bertz CT molecular complexity index is 753. The van der Waals surface area contributed by atoms with E-state index in [0.29, 0.717) is 6.42 Å². The van der Waals surface area contributed by atoms with E-state index in [-0.39, 0.29) is 5.75 Å². The van der Waals surface area contributed by atoms with Crippen molar-refractivity contribution < 1.29 is 23.8 Å². The second-order valence-corrected chi connectivity index (χ2v) is 6.94. The van der Waals surface area contributed by atoms with Crippen molar-refractivity contribution in [2.75, 3.05) is 10.5 Å². The van der Waals surface area contributed by atoms with E-state index < -0.39 is 51.4 Å². The van der Waals surface area contributed by atoms with Gasteiger partial charge in [-0.15, -0.1) is 0 Å². The Morgan fingerprint density at radius 1 is 1.14 bits per heavy atom. The lowest BCUT2D eigenvalue weighted by atomic mass is 10.1. The minimum absolute atomic E-state index is 0.234. The predicted octanol–water partition coefficient (Wildman–Crippen LogP) is 3.88. The highest BCUT2D eigenvalue weighted by atomic mass is 32.2. The van der Waals surface area contributed by atoms with E-state index in [1.165, 1.54) is 0 Å². The van der Waals surface area contributed by atoms with Gasteiger partial charge >= 0.3 is 5.97 Å². The Morgan fingerprint density at radius 3 is 2.36 bits per heavy atom. The van der Waals surface area contributed by atoms with Gasteiger partial charge in [-0.1, -0.05) is 57.5 Å². The van der Waals surface area contributed by atoms with Crippen LogP contribution in [0.25, 0.3) is 0 Å². The molecule has 0 spiro atoms. The fourth-order valence-electron chi connectivity index (χ4n) is 2.01. The zero-order chi connectivity index (χ0) is 19.9. The molecule has 0 saturated carbocycles. The molecule has 0 bridgehead atoms. The summed E-state index contributed by atoms with van der Waals surface area (Å²) < 4.78 is 57.0. The lowest BCUT2D eigenvalue weighted by molar-refractivity contribution is 0.0698. The SMILES string of the molecule is [2H]c1c([2H])c([2H])c(C(=O)O)c(NS(=O)(=O)CCCCCCCCC)c1[2H]. The van der Waals surface area contributed by atoms with E-state index in [1.807, 2.05) is 4.72 Å². The van der Waals surface area contributed by atoms with Crippen molar-refractivity contribution >= 4 is 21.7 Å². The lowest BCUT2D eigenvalue weighted by Gasteiger charge is -2.10. The van der Waals surface area contributed by atoms with Gasteiger partial charge in [0.2, 0.25) is 10.0 Å². The van der Waals surface area contributed by atoms with Crippen LogP contribution in [0.3, 0.4) is 0 Å². The van der Waals surface area contributed by atoms with Gasteiger partial charge in [0.05, 0.1) is 22.5 Å². The van der Waals surface area contributed by atoms with Crippen LogP contribution < -0.4 is 4.72 Å². The first-order chi connectivity index (χ1) is 12.1. The van der Waals surface area contributed by atoms with Crippen LogP contribution in [-0.2, 0) is 10.0 Å². The average Bonchev–Trinajstić information content (AvgIpc) is 2.56. The van der Waals surface area contributed by atoms with Gasteiger partial charge in [-0.2, -0.15) is 0 Å². The van der Waals surface area contributed by atoms with E-state index >= 15 is 0 Å². The fourth-order valence-corrected chi connectivity index (χ4v) is 3.16. The molecule has 0 unspecified atom stereocenters. The van der Waals surface area contributed by atoms with E-state index in [1.54, 1.807) is 0 Å². The number of anilines is 1. The molecule has 5 nitrogen and oxygen atoms in total. The highest BCUT2D eigenvalue weighted by Gasteiger charge is 2.15. The molecule has 0 aliphatic rings. The largest absolute Gasteiger partial charge is 0.478 e. The standard InChI is InChI=1S/C16H25NO4S/c1-2-3-4-5-6-7-10-13-22(20,21)17-15-12-9-8-11-14(15)16(18)19/h8-9,11-12,17H,2-7,10,13H2,1H3,(H,18,19)/i8D,9D,11D,12D.